The van der Waals surface area contributed by atoms with Gasteiger partial charge in [-0.25, -0.2) is 18.7 Å². The van der Waals surface area contributed by atoms with Crippen LogP contribution in [-0.4, -0.2) is 35.5 Å². The van der Waals surface area contributed by atoms with E-state index in [4.69, 9.17) is 10.9 Å². The summed E-state index contributed by atoms with van der Waals surface area (Å²) in [5.41, 5.74) is 3.31. The number of allylic oxidation sites excluding steroid dienone is 3. The fraction of sp³-hybridized carbons (Fsp3) is 0.261. The molecular formula is C23H24FIN2O4S. The average molecular weight is 570 g/mol. The molecule has 3 N–H and O–H groups in total. The van der Waals surface area contributed by atoms with Crippen molar-refractivity contribution in [2.75, 3.05) is 11.0 Å². The summed E-state index contributed by atoms with van der Waals surface area (Å²) in [6, 6.07) is 12.5. The number of hydrogen-bond donors (Lipinski definition) is 2. The van der Waals surface area contributed by atoms with Gasteiger partial charge in [-0.05, 0) is 60.2 Å². The highest BCUT2D eigenvalue weighted by Gasteiger charge is 2.24. The minimum atomic E-state index is -3.66. The van der Waals surface area contributed by atoms with Gasteiger partial charge in [0.05, 0.1) is 4.90 Å². The molecule has 1 aliphatic carbocycles. The second kappa shape index (κ2) is 10.6. The molecule has 0 saturated heterocycles. The molecule has 0 fully saturated rings. The molecule has 2 aromatic carbocycles. The van der Waals surface area contributed by atoms with Crippen LogP contribution in [0.3, 0.4) is 0 Å². The lowest BCUT2D eigenvalue weighted by atomic mass is 9.86. The minimum absolute atomic E-state index is 0.122. The maximum absolute atomic E-state index is 13.1. The predicted octanol–water partition coefficient (Wildman–Crippen LogP) is 4.53. The van der Waals surface area contributed by atoms with E-state index >= 15 is 0 Å². The zero-order chi connectivity index (χ0) is 23.3. The predicted molar refractivity (Wildman–Crippen MR) is 130 cm³/mol. The number of carboxylic acids is 1. The van der Waals surface area contributed by atoms with Crippen LogP contribution in [0.25, 0.3) is 11.1 Å². The molecule has 0 aliphatic heterocycles. The Labute approximate surface area is 200 Å². The van der Waals surface area contributed by atoms with Crippen molar-refractivity contribution >= 4 is 38.4 Å². The van der Waals surface area contributed by atoms with Crippen molar-refractivity contribution in [3.05, 3.63) is 77.1 Å². The Balaban J connectivity index is 1.81. The van der Waals surface area contributed by atoms with Crippen LogP contribution < -0.4 is 5.84 Å². The van der Waals surface area contributed by atoms with E-state index in [-0.39, 0.29) is 23.2 Å². The first-order valence-corrected chi connectivity index (χ1v) is 13.1. The second-order valence-corrected chi connectivity index (χ2v) is 10.1. The van der Waals surface area contributed by atoms with Crippen LogP contribution in [0.2, 0.25) is 0 Å². The third-order valence-corrected chi connectivity index (χ3v) is 7.66. The molecule has 0 heterocycles. The van der Waals surface area contributed by atoms with E-state index in [1.807, 2.05) is 0 Å². The Bertz CT molecular complexity index is 1130. The monoisotopic (exact) mass is 570 g/mol. The lowest BCUT2D eigenvalue weighted by molar-refractivity contribution is -0.137. The fourth-order valence-corrected chi connectivity index (χ4v) is 5.83. The number of hydrazine groups is 1. The SMILES string of the molecule is NN(CC(=O)O)C1=C(CI)C(/C=C\S(=O)(=O)c2ccc(-c3ccc(F)cc3)cc2)CCC1. The van der Waals surface area contributed by atoms with Gasteiger partial charge in [-0.1, -0.05) is 52.9 Å². The summed E-state index contributed by atoms with van der Waals surface area (Å²) in [5.74, 6) is 4.48. The van der Waals surface area contributed by atoms with E-state index in [9.17, 15) is 17.6 Å². The highest BCUT2D eigenvalue weighted by molar-refractivity contribution is 14.1. The van der Waals surface area contributed by atoms with Crippen LogP contribution in [0, 0.1) is 11.7 Å². The molecule has 0 amide bonds. The Morgan fingerprint density at radius 2 is 1.75 bits per heavy atom. The molecule has 0 spiro atoms. The summed E-state index contributed by atoms with van der Waals surface area (Å²) in [5, 5.41) is 11.5. The largest absolute Gasteiger partial charge is 0.480 e. The fourth-order valence-electron chi connectivity index (χ4n) is 3.75. The first-order valence-electron chi connectivity index (χ1n) is 10.0. The number of carbonyl (C=O) groups is 1. The molecule has 0 radical (unpaired) electrons. The van der Waals surface area contributed by atoms with Crippen LogP contribution >= 0.6 is 22.6 Å². The van der Waals surface area contributed by atoms with Gasteiger partial charge in [0.25, 0.3) is 0 Å². The third kappa shape index (κ3) is 5.96. The molecule has 1 unspecified atom stereocenters. The number of carboxylic acid groups (broad SMARTS) is 1. The summed E-state index contributed by atoms with van der Waals surface area (Å²) in [6.07, 6.45) is 3.91. The van der Waals surface area contributed by atoms with Gasteiger partial charge in [0.1, 0.15) is 12.4 Å². The van der Waals surface area contributed by atoms with E-state index in [1.165, 1.54) is 34.7 Å². The zero-order valence-corrected chi connectivity index (χ0v) is 20.2. The molecule has 170 valence electrons. The smallest absolute Gasteiger partial charge is 0.324 e. The highest BCUT2D eigenvalue weighted by atomic mass is 127. The Kier molecular flexibility index (Phi) is 8.07. The number of sulfone groups is 1. The number of aliphatic carboxylic acids is 1. The number of hydrogen-bond acceptors (Lipinski definition) is 5. The molecular weight excluding hydrogens is 546 g/mol. The van der Waals surface area contributed by atoms with Crippen molar-refractivity contribution in [3.63, 3.8) is 0 Å². The van der Waals surface area contributed by atoms with Crippen molar-refractivity contribution in [2.45, 2.75) is 24.2 Å². The van der Waals surface area contributed by atoms with Crippen molar-refractivity contribution in [2.24, 2.45) is 11.8 Å². The number of nitrogens with zero attached hydrogens (tertiary/aromatic N) is 1. The van der Waals surface area contributed by atoms with E-state index in [0.29, 0.717) is 10.8 Å². The van der Waals surface area contributed by atoms with E-state index in [1.54, 1.807) is 30.3 Å². The van der Waals surface area contributed by atoms with Gasteiger partial charge < -0.3 is 10.1 Å². The summed E-state index contributed by atoms with van der Waals surface area (Å²) >= 11 is 2.19. The second-order valence-electron chi connectivity index (χ2n) is 7.53. The molecule has 1 aliphatic rings. The Morgan fingerprint density at radius 1 is 1.16 bits per heavy atom. The van der Waals surface area contributed by atoms with Gasteiger partial charge in [0.2, 0.25) is 0 Å². The molecule has 9 heteroatoms. The van der Waals surface area contributed by atoms with Crippen LogP contribution in [0.1, 0.15) is 19.3 Å². The van der Waals surface area contributed by atoms with Crippen LogP contribution in [0.5, 0.6) is 0 Å². The molecule has 0 saturated carbocycles. The molecule has 2 aromatic rings. The van der Waals surface area contributed by atoms with Gasteiger partial charge >= 0.3 is 5.97 Å². The maximum Gasteiger partial charge on any atom is 0.324 e. The maximum atomic E-state index is 13.1. The quantitative estimate of drug-likeness (QED) is 0.210. The van der Waals surface area contributed by atoms with E-state index < -0.39 is 15.8 Å². The van der Waals surface area contributed by atoms with Crippen molar-refractivity contribution < 1.29 is 22.7 Å². The summed E-state index contributed by atoms with van der Waals surface area (Å²) in [4.78, 5) is 11.2. The summed E-state index contributed by atoms with van der Waals surface area (Å²) in [6.45, 7) is -0.301. The molecule has 32 heavy (non-hydrogen) atoms. The minimum Gasteiger partial charge on any atom is -0.480 e. The van der Waals surface area contributed by atoms with Crippen molar-refractivity contribution in [3.8, 4) is 11.1 Å². The van der Waals surface area contributed by atoms with E-state index in [0.717, 1.165) is 35.2 Å². The number of alkyl halides is 1. The molecule has 3 rings (SSSR count). The van der Waals surface area contributed by atoms with Crippen LogP contribution in [-0.2, 0) is 14.6 Å². The van der Waals surface area contributed by atoms with Crippen molar-refractivity contribution in [1.29, 1.82) is 0 Å². The average Bonchev–Trinajstić information content (AvgIpc) is 2.77. The topological polar surface area (TPSA) is 101 Å². The molecule has 1 atom stereocenters. The highest BCUT2D eigenvalue weighted by Crippen LogP contribution is 2.34. The van der Waals surface area contributed by atoms with Crippen molar-refractivity contribution in [1.82, 2.24) is 5.01 Å². The van der Waals surface area contributed by atoms with Crippen LogP contribution in [0.15, 0.2) is 76.2 Å². The third-order valence-electron chi connectivity index (χ3n) is 5.39. The standard InChI is InChI=1S/C23H24FIN2O4S/c24-19-8-4-16(5-9-19)17-6-10-20(11-7-17)32(30,31)13-12-18-2-1-3-22(21(18)14-25)27(26)15-23(28)29/h4-13,18H,1-3,14-15,26H2,(H,28,29)/b13-12-. The van der Waals surface area contributed by atoms with Gasteiger partial charge in [0.15, 0.2) is 9.84 Å². The number of halogens is 2. The van der Waals surface area contributed by atoms with Gasteiger partial charge in [-0.3, -0.25) is 4.79 Å². The first-order chi connectivity index (χ1) is 15.2. The van der Waals surface area contributed by atoms with Gasteiger partial charge in [-0.2, -0.15) is 0 Å². The molecule has 0 aromatic heterocycles. The lowest BCUT2D eigenvalue weighted by Crippen LogP contribution is -2.37. The van der Waals surface area contributed by atoms with Gasteiger partial charge in [0, 0.05) is 21.5 Å². The Hall–Kier alpha value is -2.24. The van der Waals surface area contributed by atoms with Crippen LogP contribution in [0.4, 0.5) is 4.39 Å². The number of rotatable bonds is 8. The number of benzene rings is 2. The normalized spacial score (nSPS) is 17.0. The van der Waals surface area contributed by atoms with E-state index in [2.05, 4.69) is 22.6 Å². The Morgan fingerprint density at radius 3 is 2.31 bits per heavy atom. The lowest BCUT2D eigenvalue weighted by Gasteiger charge is -2.31. The van der Waals surface area contributed by atoms with Gasteiger partial charge in [-0.15, -0.1) is 0 Å². The zero-order valence-electron chi connectivity index (χ0n) is 17.2. The molecule has 0 bridgehead atoms. The summed E-state index contributed by atoms with van der Waals surface area (Å²) < 4.78 is 39.5. The first kappa shape index (κ1) is 24.4. The number of nitrogens with two attached hydrogens (primary N) is 1. The molecule has 6 nitrogen and oxygen atoms in total. The summed E-state index contributed by atoms with van der Waals surface area (Å²) in [7, 11) is -3.66.